The molecule has 0 radical (unpaired) electrons. The lowest BCUT2D eigenvalue weighted by atomic mass is 10.3. The van der Waals surface area contributed by atoms with Gasteiger partial charge in [-0.15, -0.1) is 0 Å². The van der Waals surface area contributed by atoms with E-state index >= 15 is 0 Å². The van der Waals surface area contributed by atoms with Crippen LogP contribution >= 0.6 is 11.8 Å². The lowest BCUT2D eigenvalue weighted by Gasteiger charge is -2.10. The summed E-state index contributed by atoms with van der Waals surface area (Å²) in [5, 5.41) is 6.34. The first kappa shape index (κ1) is 23.8. The van der Waals surface area contributed by atoms with E-state index in [1.165, 1.54) is 23.9 Å². The van der Waals surface area contributed by atoms with Crippen LogP contribution < -0.4 is 15.4 Å². The number of pyridine rings is 1. The maximum atomic E-state index is 12.7. The van der Waals surface area contributed by atoms with Gasteiger partial charge < -0.3 is 10.6 Å². The third-order valence-electron chi connectivity index (χ3n) is 5.01. The molecule has 0 unspecified atom stereocenters. The second-order valence-corrected chi connectivity index (χ2v) is 10.6. The Hall–Kier alpha value is -3.37. The third kappa shape index (κ3) is 6.36. The molecule has 1 aliphatic carbocycles. The van der Waals surface area contributed by atoms with Crippen LogP contribution in [0.2, 0.25) is 0 Å². The predicted molar refractivity (Wildman–Crippen MR) is 131 cm³/mol. The minimum absolute atomic E-state index is 0.0930. The van der Waals surface area contributed by atoms with E-state index < -0.39 is 10.0 Å². The normalized spacial score (nSPS) is 13.2. The van der Waals surface area contributed by atoms with Gasteiger partial charge in [-0.3, -0.25) is 14.3 Å². The van der Waals surface area contributed by atoms with Crippen molar-refractivity contribution in [3.63, 3.8) is 0 Å². The van der Waals surface area contributed by atoms with Gasteiger partial charge in [0.25, 0.3) is 15.9 Å². The molecule has 1 saturated carbocycles. The maximum Gasteiger partial charge on any atom is 0.261 e. The van der Waals surface area contributed by atoms with Crippen molar-refractivity contribution in [2.24, 2.45) is 0 Å². The fourth-order valence-electron chi connectivity index (χ4n) is 2.96. The Morgan fingerprint density at radius 1 is 0.971 bits per heavy atom. The van der Waals surface area contributed by atoms with E-state index in [9.17, 15) is 18.0 Å². The van der Waals surface area contributed by atoms with Gasteiger partial charge in [0.1, 0.15) is 5.03 Å². The van der Waals surface area contributed by atoms with Gasteiger partial charge in [0.2, 0.25) is 5.91 Å². The number of carbonyl (C=O) groups is 2. The first-order chi connectivity index (χ1) is 16.3. The first-order valence-corrected chi connectivity index (χ1v) is 13.1. The molecule has 8 nitrogen and oxygen atoms in total. The highest BCUT2D eigenvalue weighted by atomic mass is 32.2. The summed E-state index contributed by atoms with van der Waals surface area (Å²) in [5.74, 6) is -0.250. The summed E-state index contributed by atoms with van der Waals surface area (Å²) in [7, 11) is -3.77. The SMILES string of the molecule is CCC(=O)Nc1ccc(S(=O)(=O)Nc2ccc(Sc3ccc(C(=O)NC4CC4)cn3)cc2)cc1. The molecule has 3 N–H and O–H groups in total. The summed E-state index contributed by atoms with van der Waals surface area (Å²) < 4.78 is 27.9. The van der Waals surface area contributed by atoms with Crippen molar-refractivity contribution in [1.29, 1.82) is 0 Å². The van der Waals surface area contributed by atoms with Crippen LogP contribution in [-0.4, -0.2) is 31.3 Å². The van der Waals surface area contributed by atoms with Crippen molar-refractivity contribution < 1.29 is 18.0 Å². The molecule has 34 heavy (non-hydrogen) atoms. The smallest absolute Gasteiger partial charge is 0.261 e. The summed E-state index contributed by atoms with van der Waals surface area (Å²) in [5.41, 5.74) is 1.49. The van der Waals surface area contributed by atoms with Crippen LogP contribution in [0, 0.1) is 0 Å². The quantitative estimate of drug-likeness (QED) is 0.407. The lowest BCUT2D eigenvalue weighted by Crippen LogP contribution is -2.25. The predicted octanol–water partition coefficient (Wildman–Crippen LogP) is 4.27. The summed E-state index contributed by atoms with van der Waals surface area (Å²) in [6.07, 6.45) is 3.96. The number of nitrogens with zero attached hydrogens (tertiary/aromatic N) is 1. The molecule has 4 rings (SSSR count). The van der Waals surface area contributed by atoms with E-state index in [1.54, 1.807) is 61.7 Å². The average Bonchev–Trinajstić information content (AvgIpc) is 3.65. The lowest BCUT2D eigenvalue weighted by molar-refractivity contribution is -0.115. The molecule has 0 atom stereocenters. The Morgan fingerprint density at radius 2 is 1.65 bits per heavy atom. The molecule has 0 spiro atoms. The van der Waals surface area contributed by atoms with Crippen molar-refractivity contribution in [3.8, 4) is 0 Å². The van der Waals surface area contributed by atoms with Gasteiger partial charge in [0.15, 0.2) is 0 Å². The highest BCUT2D eigenvalue weighted by Crippen LogP contribution is 2.28. The van der Waals surface area contributed by atoms with Crippen molar-refractivity contribution in [1.82, 2.24) is 10.3 Å². The second kappa shape index (κ2) is 10.3. The molecule has 1 heterocycles. The molecule has 2 aromatic carbocycles. The number of carbonyl (C=O) groups excluding carboxylic acids is 2. The monoisotopic (exact) mass is 496 g/mol. The van der Waals surface area contributed by atoms with Crippen LogP contribution in [0.25, 0.3) is 0 Å². The number of hydrogen-bond donors (Lipinski definition) is 3. The number of benzene rings is 2. The van der Waals surface area contributed by atoms with Gasteiger partial charge in [0, 0.05) is 34.9 Å². The molecule has 0 aliphatic heterocycles. The van der Waals surface area contributed by atoms with Crippen LogP contribution in [0.15, 0.2) is 81.7 Å². The van der Waals surface area contributed by atoms with Crippen molar-refractivity contribution in [3.05, 3.63) is 72.4 Å². The summed E-state index contributed by atoms with van der Waals surface area (Å²) in [6.45, 7) is 1.74. The Balaban J connectivity index is 1.35. The van der Waals surface area contributed by atoms with Gasteiger partial charge in [-0.2, -0.15) is 0 Å². The summed E-state index contributed by atoms with van der Waals surface area (Å²) in [6, 6.07) is 16.7. The van der Waals surface area contributed by atoms with E-state index in [1.807, 2.05) is 0 Å². The maximum absolute atomic E-state index is 12.7. The number of hydrogen-bond acceptors (Lipinski definition) is 6. The average molecular weight is 497 g/mol. The minimum atomic E-state index is -3.77. The number of anilines is 2. The van der Waals surface area contributed by atoms with E-state index in [0.717, 1.165) is 22.8 Å². The molecule has 176 valence electrons. The largest absolute Gasteiger partial charge is 0.349 e. The second-order valence-electron chi connectivity index (χ2n) is 7.79. The van der Waals surface area contributed by atoms with Crippen molar-refractivity contribution in [2.45, 2.75) is 47.0 Å². The molecule has 1 aromatic heterocycles. The van der Waals surface area contributed by atoms with E-state index in [2.05, 4.69) is 20.3 Å². The molecule has 1 fully saturated rings. The molecule has 0 saturated heterocycles. The van der Waals surface area contributed by atoms with Crippen LogP contribution in [0.5, 0.6) is 0 Å². The summed E-state index contributed by atoms with van der Waals surface area (Å²) in [4.78, 5) is 28.8. The molecule has 2 amide bonds. The zero-order valence-corrected chi connectivity index (χ0v) is 20.1. The van der Waals surface area contributed by atoms with Crippen molar-refractivity contribution >= 4 is 45.0 Å². The third-order valence-corrected chi connectivity index (χ3v) is 7.37. The molecule has 10 heteroatoms. The van der Waals surface area contributed by atoms with E-state index in [0.29, 0.717) is 29.4 Å². The Kier molecular flexibility index (Phi) is 7.18. The van der Waals surface area contributed by atoms with Crippen LogP contribution in [0.3, 0.4) is 0 Å². The fraction of sp³-hybridized carbons (Fsp3) is 0.208. The van der Waals surface area contributed by atoms with Gasteiger partial charge in [0.05, 0.1) is 10.5 Å². The van der Waals surface area contributed by atoms with Crippen LogP contribution in [-0.2, 0) is 14.8 Å². The number of rotatable bonds is 9. The van der Waals surface area contributed by atoms with Gasteiger partial charge in [-0.05, 0) is 73.5 Å². The molecular weight excluding hydrogens is 472 g/mol. The number of aromatic nitrogens is 1. The molecule has 3 aromatic rings. The molecule has 1 aliphatic rings. The van der Waals surface area contributed by atoms with Gasteiger partial charge in [-0.25, -0.2) is 13.4 Å². The zero-order chi connectivity index (χ0) is 24.1. The van der Waals surface area contributed by atoms with Crippen LogP contribution in [0.4, 0.5) is 11.4 Å². The fourth-order valence-corrected chi connectivity index (χ4v) is 4.78. The standard InChI is InChI=1S/C24H24N4O4S2/c1-2-22(29)26-17-8-12-21(13-9-17)34(31,32)28-19-6-10-20(11-7-19)33-23-14-3-16(15-25-23)24(30)27-18-4-5-18/h3,6-15,18,28H,2,4-5H2,1H3,(H,26,29)(H,27,30). The Labute approximate surface area is 202 Å². The number of sulfonamides is 1. The Morgan fingerprint density at radius 3 is 2.24 bits per heavy atom. The topological polar surface area (TPSA) is 117 Å². The van der Waals surface area contributed by atoms with Gasteiger partial charge in [-0.1, -0.05) is 18.7 Å². The van der Waals surface area contributed by atoms with Crippen LogP contribution in [0.1, 0.15) is 36.5 Å². The highest BCUT2D eigenvalue weighted by Gasteiger charge is 2.23. The van der Waals surface area contributed by atoms with Crippen molar-refractivity contribution in [2.75, 3.05) is 10.0 Å². The number of amides is 2. The molecular formula is C24H24N4O4S2. The van der Waals surface area contributed by atoms with Gasteiger partial charge >= 0.3 is 0 Å². The minimum Gasteiger partial charge on any atom is -0.349 e. The Bertz CT molecular complexity index is 1270. The first-order valence-electron chi connectivity index (χ1n) is 10.8. The number of nitrogens with one attached hydrogen (secondary N) is 3. The zero-order valence-electron chi connectivity index (χ0n) is 18.4. The molecule has 0 bridgehead atoms. The summed E-state index contributed by atoms with van der Waals surface area (Å²) >= 11 is 1.41. The highest BCUT2D eigenvalue weighted by molar-refractivity contribution is 7.99. The van der Waals surface area contributed by atoms with E-state index in [4.69, 9.17) is 0 Å². The van der Waals surface area contributed by atoms with E-state index in [-0.39, 0.29) is 16.7 Å².